The molecule has 9 nitrogen and oxygen atoms in total. The average molecular weight is 458 g/mol. The fourth-order valence-electron chi connectivity index (χ4n) is 4.21. The average Bonchev–Trinajstić information content (AvgIpc) is 3.24. The molecular formula is C25H27N7O2. The number of H-pyrrole nitrogens is 1. The van der Waals surface area contributed by atoms with Crippen molar-refractivity contribution < 1.29 is 4.79 Å². The number of nitrogens with one attached hydrogen (secondary N) is 1. The molecule has 0 aliphatic heterocycles. The second-order valence-electron chi connectivity index (χ2n) is 8.48. The molecule has 1 atom stereocenters. The van der Waals surface area contributed by atoms with Gasteiger partial charge in [-0.25, -0.2) is 14.5 Å². The summed E-state index contributed by atoms with van der Waals surface area (Å²) in [5.74, 6) is 0.440. The van der Waals surface area contributed by atoms with Crippen LogP contribution in [-0.4, -0.2) is 41.4 Å². The van der Waals surface area contributed by atoms with Gasteiger partial charge in [0.2, 0.25) is 5.91 Å². The smallest absolute Gasteiger partial charge is 0.258 e. The summed E-state index contributed by atoms with van der Waals surface area (Å²) in [6.07, 6.45) is 3.06. The van der Waals surface area contributed by atoms with Crippen molar-refractivity contribution in [2.75, 3.05) is 0 Å². The summed E-state index contributed by atoms with van der Waals surface area (Å²) in [5, 5.41) is 14.1. The monoisotopic (exact) mass is 457 g/mol. The van der Waals surface area contributed by atoms with Gasteiger partial charge in [-0.2, -0.15) is 10.4 Å². The van der Waals surface area contributed by atoms with Crippen LogP contribution in [0.5, 0.6) is 0 Å². The number of hydrogen-bond acceptors (Lipinski definition) is 6. The van der Waals surface area contributed by atoms with Gasteiger partial charge in [0.1, 0.15) is 17.5 Å². The molecule has 34 heavy (non-hydrogen) atoms. The number of rotatable bonds is 7. The van der Waals surface area contributed by atoms with Crippen LogP contribution in [-0.2, 0) is 17.8 Å². The highest BCUT2D eigenvalue weighted by Gasteiger charge is 2.22. The van der Waals surface area contributed by atoms with E-state index >= 15 is 0 Å². The molecule has 0 fully saturated rings. The molecule has 3 heterocycles. The van der Waals surface area contributed by atoms with E-state index in [0.29, 0.717) is 34.4 Å². The number of para-hydroxylation sites is 1. The number of aromatic nitrogens is 5. The fourth-order valence-corrected chi connectivity index (χ4v) is 4.21. The molecule has 9 heteroatoms. The normalized spacial score (nSPS) is 12.1. The van der Waals surface area contributed by atoms with Gasteiger partial charge in [0, 0.05) is 23.9 Å². The van der Waals surface area contributed by atoms with Crippen LogP contribution in [0.25, 0.3) is 16.6 Å². The Morgan fingerprint density at radius 1 is 1.26 bits per heavy atom. The largest absolute Gasteiger partial charge is 0.333 e. The molecule has 0 aliphatic carbocycles. The second kappa shape index (κ2) is 9.43. The van der Waals surface area contributed by atoms with Gasteiger partial charge >= 0.3 is 0 Å². The van der Waals surface area contributed by atoms with Gasteiger partial charge < -0.3 is 9.88 Å². The number of carbonyl (C=O) groups excluding carboxylic acids is 1. The number of nitriles is 1. The van der Waals surface area contributed by atoms with Gasteiger partial charge in [-0.15, -0.1) is 0 Å². The molecule has 1 N–H and O–H groups in total. The topological polar surface area (TPSA) is 120 Å². The minimum atomic E-state index is -0.210. The Morgan fingerprint density at radius 3 is 2.76 bits per heavy atom. The highest BCUT2D eigenvalue weighted by molar-refractivity contribution is 5.78. The maximum atomic E-state index is 13.3. The van der Waals surface area contributed by atoms with Crippen LogP contribution in [0.1, 0.15) is 55.0 Å². The molecule has 0 aliphatic rings. The SMILES string of the molecule is CC[C@H](C)N(Cc1nc2ccccc2c(=O)[nH]1)C(=O)CCc1c(C)nc2c(C#N)cnn2c1C. The van der Waals surface area contributed by atoms with Gasteiger partial charge in [0.05, 0.1) is 23.6 Å². The van der Waals surface area contributed by atoms with E-state index < -0.39 is 0 Å². The Morgan fingerprint density at radius 2 is 2.03 bits per heavy atom. The Bertz CT molecular complexity index is 1480. The Hall–Kier alpha value is -4.06. The number of carbonyl (C=O) groups is 1. The molecule has 0 saturated heterocycles. The summed E-state index contributed by atoms with van der Waals surface area (Å²) in [5.41, 5.74) is 3.94. The third-order valence-corrected chi connectivity index (χ3v) is 6.34. The lowest BCUT2D eigenvalue weighted by molar-refractivity contribution is -0.134. The lowest BCUT2D eigenvalue weighted by Crippen LogP contribution is -2.39. The third kappa shape index (κ3) is 4.27. The number of aromatic amines is 1. The summed E-state index contributed by atoms with van der Waals surface area (Å²) in [6.45, 7) is 8.06. The number of fused-ring (bicyclic) bond motifs is 2. The summed E-state index contributed by atoms with van der Waals surface area (Å²) in [7, 11) is 0. The zero-order chi connectivity index (χ0) is 24.4. The third-order valence-electron chi connectivity index (χ3n) is 6.34. The van der Waals surface area contributed by atoms with Crippen molar-refractivity contribution in [3.05, 3.63) is 69.2 Å². The standard InChI is InChI=1S/C25H27N7O2/c1-5-15(2)31(14-22-29-21-9-7-6-8-20(21)25(34)30-22)23(33)11-10-19-16(3)28-24-18(12-26)13-27-32(24)17(19)4/h6-9,13,15H,5,10-11,14H2,1-4H3,(H,29,30,34)/t15-/m0/s1. The van der Waals surface area contributed by atoms with Crippen molar-refractivity contribution in [1.29, 1.82) is 5.26 Å². The summed E-state index contributed by atoms with van der Waals surface area (Å²) < 4.78 is 1.65. The Balaban J connectivity index is 1.57. The van der Waals surface area contributed by atoms with Crippen molar-refractivity contribution in [2.45, 2.75) is 59.5 Å². The zero-order valence-electron chi connectivity index (χ0n) is 19.8. The number of benzene rings is 1. The van der Waals surface area contributed by atoms with Crippen LogP contribution in [0.2, 0.25) is 0 Å². The zero-order valence-corrected chi connectivity index (χ0v) is 19.8. The summed E-state index contributed by atoms with van der Waals surface area (Å²) >= 11 is 0. The lowest BCUT2D eigenvalue weighted by atomic mass is 10.0. The van der Waals surface area contributed by atoms with Crippen LogP contribution in [0.4, 0.5) is 0 Å². The van der Waals surface area contributed by atoms with Gasteiger partial charge in [0.15, 0.2) is 5.65 Å². The van der Waals surface area contributed by atoms with Gasteiger partial charge in [-0.3, -0.25) is 9.59 Å². The van der Waals surface area contributed by atoms with Gasteiger partial charge in [-0.05, 0) is 51.3 Å². The van der Waals surface area contributed by atoms with Crippen molar-refractivity contribution in [1.82, 2.24) is 29.5 Å². The van der Waals surface area contributed by atoms with E-state index in [1.807, 2.05) is 33.8 Å². The first-order valence-electron chi connectivity index (χ1n) is 11.3. The summed E-state index contributed by atoms with van der Waals surface area (Å²) in [6, 6.07) is 9.26. The van der Waals surface area contributed by atoms with E-state index in [2.05, 4.69) is 26.1 Å². The predicted molar refractivity (Wildman–Crippen MR) is 128 cm³/mol. The van der Waals surface area contributed by atoms with Crippen LogP contribution in [0.15, 0.2) is 35.3 Å². The van der Waals surface area contributed by atoms with E-state index in [9.17, 15) is 14.9 Å². The number of hydrogen-bond donors (Lipinski definition) is 1. The van der Waals surface area contributed by atoms with E-state index in [1.54, 1.807) is 27.6 Å². The predicted octanol–water partition coefficient (Wildman–Crippen LogP) is 3.21. The molecule has 3 aromatic heterocycles. The quantitative estimate of drug-likeness (QED) is 0.455. The molecule has 4 aromatic rings. The molecule has 0 radical (unpaired) electrons. The fraction of sp³-hybridized carbons (Fsp3) is 0.360. The van der Waals surface area contributed by atoms with E-state index in [-0.39, 0.29) is 30.5 Å². The van der Waals surface area contributed by atoms with E-state index in [4.69, 9.17) is 0 Å². The van der Waals surface area contributed by atoms with Crippen LogP contribution < -0.4 is 5.56 Å². The van der Waals surface area contributed by atoms with Gasteiger partial charge in [0.25, 0.3) is 5.56 Å². The highest BCUT2D eigenvalue weighted by Crippen LogP contribution is 2.20. The first kappa shape index (κ1) is 23.1. The molecule has 174 valence electrons. The first-order chi connectivity index (χ1) is 16.3. The Labute approximate surface area is 197 Å². The molecule has 1 aromatic carbocycles. The van der Waals surface area contributed by atoms with Crippen LogP contribution >= 0.6 is 0 Å². The van der Waals surface area contributed by atoms with Crippen molar-refractivity contribution >= 4 is 22.5 Å². The molecular weight excluding hydrogens is 430 g/mol. The maximum Gasteiger partial charge on any atom is 0.258 e. The number of amides is 1. The number of aryl methyl sites for hydroxylation is 2. The molecule has 4 rings (SSSR count). The minimum Gasteiger partial charge on any atom is -0.333 e. The first-order valence-corrected chi connectivity index (χ1v) is 11.3. The van der Waals surface area contributed by atoms with Crippen LogP contribution in [0, 0.1) is 25.2 Å². The number of nitrogens with zero attached hydrogens (tertiary/aromatic N) is 6. The Kier molecular flexibility index (Phi) is 6.41. The maximum absolute atomic E-state index is 13.3. The van der Waals surface area contributed by atoms with Crippen molar-refractivity contribution in [3.8, 4) is 6.07 Å². The van der Waals surface area contributed by atoms with Crippen molar-refractivity contribution in [3.63, 3.8) is 0 Å². The molecule has 0 spiro atoms. The minimum absolute atomic E-state index is 0.0172. The molecule has 0 unspecified atom stereocenters. The molecule has 0 bridgehead atoms. The summed E-state index contributed by atoms with van der Waals surface area (Å²) in [4.78, 5) is 39.5. The second-order valence-corrected chi connectivity index (χ2v) is 8.48. The van der Waals surface area contributed by atoms with Crippen LogP contribution in [0.3, 0.4) is 0 Å². The lowest BCUT2D eigenvalue weighted by Gasteiger charge is -2.28. The van der Waals surface area contributed by atoms with E-state index in [0.717, 1.165) is 23.4 Å². The molecule has 0 saturated carbocycles. The van der Waals surface area contributed by atoms with E-state index in [1.165, 1.54) is 6.20 Å². The van der Waals surface area contributed by atoms with Gasteiger partial charge in [-0.1, -0.05) is 19.1 Å². The highest BCUT2D eigenvalue weighted by atomic mass is 16.2. The molecule has 1 amide bonds. The van der Waals surface area contributed by atoms with Crippen molar-refractivity contribution in [2.24, 2.45) is 0 Å².